The van der Waals surface area contributed by atoms with Crippen LogP contribution in [0.25, 0.3) is 0 Å². The minimum Gasteiger partial charge on any atom is -0.466 e. The molecule has 190 valence electrons. The Morgan fingerprint density at radius 1 is 1.11 bits per heavy atom. The van der Waals surface area contributed by atoms with Gasteiger partial charge in [-0.25, -0.2) is 8.42 Å². The van der Waals surface area contributed by atoms with Crippen LogP contribution in [-0.4, -0.2) is 49.0 Å². The highest BCUT2D eigenvalue weighted by Crippen LogP contribution is 2.25. The second-order valence-corrected chi connectivity index (χ2v) is 11.7. The molecule has 2 heterocycles. The van der Waals surface area contributed by atoms with Crippen molar-refractivity contribution in [1.82, 2.24) is 9.29 Å². The van der Waals surface area contributed by atoms with Gasteiger partial charge in [0, 0.05) is 25.7 Å². The SMILES string of the molecule is CCCCOC(=O)CC(CC(C)C)N(C)S(=O)(=O)c1ccc(CC2(C)N=c3ccncc3=N2)cc1. The molecule has 0 radical (unpaired) electrons. The number of ether oxygens (including phenoxy) is 1. The van der Waals surface area contributed by atoms with Crippen LogP contribution in [0.4, 0.5) is 0 Å². The van der Waals surface area contributed by atoms with E-state index in [0.717, 1.165) is 29.1 Å². The van der Waals surface area contributed by atoms with Crippen LogP contribution in [0.1, 0.15) is 58.9 Å². The molecule has 1 aliphatic heterocycles. The number of nitrogens with zero attached hydrogens (tertiary/aromatic N) is 4. The van der Waals surface area contributed by atoms with Crippen molar-refractivity contribution in [3.63, 3.8) is 0 Å². The Bertz CT molecular complexity index is 1210. The van der Waals surface area contributed by atoms with Crippen molar-refractivity contribution in [2.45, 2.75) is 76.4 Å². The average molecular weight is 501 g/mol. The lowest BCUT2D eigenvalue weighted by Crippen LogP contribution is -2.39. The van der Waals surface area contributed by atoms with Crippen LogP contribution in [-0.2, 0) is 26.0 Å². The number of sulfonamides is 1. The number of benzene rings is 1. The Labute approximate surface area is 208 Å². The molecular weight excluding hydrogens is 464 g/mol. The summed E-state index contributed by atoms with van der Waals surface area (Å²) in [5.74, 6) is -0.141. The van der Waals surface area contributed by atoms with Crippen molar-refractivity contribution in [2.24, 2.45) is 15.9 Å². The predicted molar refractivity (Wildman–Crippen MR) is 134 cm³/mol. The monoisotopic (exact) mass is 500 g/mol. The van der Waals surface area contributed by atoms with Crippen LogP contribution in [0.15, 0.2) is 57.6 Å². The van der Waals surface area contributed by atoms with E-state index in [1.54, 1.807) is 36.7 Å². The molecule has 0 saturated carbocycles. The number of aromatic nitrogens is 1. The van der Waals surface area contributed by atoms with E-state index in [1.807, 2.05) is 33.8 Å². The summed E-state index contributed by atoms with van der Waals surface area (Å²) in [7, 11) is -2.25. The fourth-order valence-electron chi connectivity index (χ4n) is 4.20. The van der Waals surface area contributed by atoms with Gasteiger partial charge in [-0.3, -0.25) is 19.8 Å². The topological polar surface area (TPSA) is 101 Å². The molecule has 0 N–H and O–H groups in total. The lowest BCUT2D eigenvalue weighted by atomic mass is 10.0. The van der Waals surface area contributed by atoms with Crippen molar-refractivity contribution in [3.05, 3.63) is 59.0 Å². The molecule has 2 atom stereocenters. The molecule has 0 aliphatic carbocycles. The molecule has 0 amide bonds. The van der Waals surface area contributed by atoms with E-state index >= 15 is 0 Å². The standard InChI is InChI=1S/C26H36N4O4S/c1-6-7-14-34-25(31)16-21(15-19(2)3)30(5)35(32,33)22-10-8-20(9-11-22)17-26(4)28-23-12-13-27-18-24(23)29-26/h8-13,18-19,21H,6-7,14-17H2,1-5H3. The molecule has 0 fully saturated rings. The van der Waals surface area contributed by atoms with E-state index in [1.165, 1.54) is 11.4 Å². The summed E-state index contributed by atoms with van der Waals surface area (Å²) in [5, 5.41) is 1.58. The summed E-state index contributed by atoms with van der Waals surface area (Å²) in [6.07, 6.45) is 6.25. The summed E-state index contributed by atoms with van der Waals surface area (Å²) in [5.41, 5.74) is 0.281. The highest BCUT2D eigenvalue weighted by molar-refractivity contribution is 7.89. The maximum absolute atomic E-state index is 13.4. The summed E-state index contributed by atoms with van der Waals surface area (Å²) in [4.78, 5) is 26.0. The first-order chi connectivity index (χ1) is 16.5. The Balaban J connectivity index is 1.73. The zero-order valence-electron chi connectivity index (χ0n) is 21.3. The molecule has 1 aromatic carbocycles. The summed E-state index contributed by atoms with van der Waals surface area (Å²) in [6, 6.07) is 8.18. The van der Waals surface area contributed by atoms with Crippen LogP contribution in [0.5, 0.6) is 0 Å². The number of hydrogen-bond donors (Lipinski definition) is 0. The summed E-state index contributed by atoms with van der Waals surface area (Å²) >= 11 is 0. The van der Waals surface area contributed by atoms with Gasteiger partial charge in [0.25, 0.3) is 0 Å². The second-order valence-electron chi connectivity index (χ2n) is 9.71. The van der Waals surface area contributed by atoms with Gasteiger partial charge in [0.2, 0.25) is 10.0 Å². The molecule has 1 aliphatic rings. The van der Waals surface area contributed by atoms with Crippen LogP contribution in [0.2, 0.25) is 0 Å². The molecule has 0 spiro atoms. The van der Waals surface area contributed by atoms with Crippen molar-refractivity contribution in [1.29, 1.82) is 0 Å². The summed E-state index contributed by atoms with van der Waals surface area (Å²) in [6.45, 7) is 8.36. The third kappa shape index (κ3) is 6.95. The van der Waals surface area contributed by atoms with Crippen LogP contribution in [0.3, 0.4) is 0 Å². The lowest BCUT2D eigenvalue weighted by molar-refractivity contribution is -0.144. The fourth-order valence-corrected chi connectivity index (χ4v) is 5.56. The number of fused-ring (bicyclic) bond motifs is 1. The number of rotatable bonds is 12. The van der Waals surface area contributed by atoms with Gasteiger partial charge < -0.3 is 4.74 Å². The lowest BCUT2D eigenvalue weighted by Gasteiger charge is -2.28. The van der Waals surface area contributed by atoms with E-state index in [4.69, 9.17) is 9.73 Å². The zero-order valence-corrected chi connectivity index (χ0v) is 22.1. The second kappa shape index (κ2) is 11.4. The highest BCUT2D eigenvalue weighted by atomic mass is 32.2. The molecular formula is C26H36N4O4S. The van der Waals surface area contributed by atoms with Crippen LogP contribution < -0.4 is 10.7 Å². The predicted octanol–water partition coefficient (Wildman–Crippen LogP) is 3.06. The van der Waals surface area contributed by atoms with Crippen molar-refractivity contribution in [3.8, 4) is 0 Å². The van der Waals surface area contributed by atoms with Gasteiger partial charge in [-0.1, -0.05) is 39.3 Å². The Hall–Kier alpha value is -2.65. The highest BCUT2D eigenvalue weighted by Gasteiger charge is 2.31. The smallest absolute Gasteiger partial charge is 0.307 e. The number of carbonyl (C=O) groups is 1. The largest absolute Gasteiger partial charge is 0.466 e. The van der Waals surface area contributed by atoms with Gasteiger partial charge in [-0.2, -0.15) is 4.31 Å². The molecule has 8 nitrogen and oxygen atoms in total. The molecule has 3 rings (SSSR count). The number of esters is 1. The first-order valence-corrected chi connectivity index (χ1v) is 13.6. The molecule has 2 aromatic rings. The van der Waals surface area contributed by atoms with Gasteiger partial charge >= 0.3 is 5.97 Å². The molecule has 35 heavy (non-hydrogen) atoms. The van der Waals surface area contributed by atoms with Crippen molar-refractivity contribution >= 4 is 16.0 Å². The van der Waals surface area contributed by atoms with Crippen molar-refractivity contribution < 1.29 is 17.9 Å². The zero-order chi connectivity index (χ0) is 25.6. The fraction of sp³-hybridized carbons (Fsp3) is 0.538. The van der Waals surface area contributed by atoms with E-state index in [9.17, 15) is 13.2 Å². The minimum atomic E-state index is -3.79. The molecule has 0 saturated heterocycles. The van der Waals surface area contributed by atoms with Gasteiger partial charge in [-0.05, 0) is 49.4 Å². The van der Waals surface area contributed by atoms with Crippen LogP contribution in [0, 0.1) is 5.92 Å². The van der Waals surface area contributed by atoms with Gasteiger partial charge in [-0.15, -0.1) is 0 Å². The molecule has 0 bridgehead atoms. The maximum atomic E-state index is 13.4. The first kappa shape index (κ1) is 26.9. The quantitative estimate of drug-likeness (QED) is 0.329. The van der Waals surface area contributed by atoms with E-state index < -0.39 is 21.7 Å². The molecule has 2 unspecified atom stereocenters. The van der Waals surface area contributed by atoms with E-state index in [-0.39, 0.29) is 23.2 Å². The Kier molecular flexibility index (Phi) is 8.77. The maximum Gasteiger partial charge on any atom is 0.307 e. The minimum absolute atomic E-state index is 0.0342. The van der Waals surface area contributed by atoms with Crippen molar-refractivity contribution in [2.75, 3.05) is 13.7 Å². The summed E-state index contributed by atoms with van der Waals surface area (Å²) < 4.78 is 33.4. The average Bonchev–Trinajstić information content (AvgIpc) is 3.14. The van der Waals surface area contributed by atoms with Gasteiger partial charge in [0.1, 0.15) is 5.36 Å². The van der Waals surface area contributed by atoms with E-state index in [2.05, 4.69) is 9.98 Å². The third-order valence-corrected chi connectivity index (χ3v) is 7.98. The number of carbonyl (C=O) groups excluding carboxylic acids is 1. The number of unbranched alkanes of at least 4 members (excludes halogenated alkanes) is 1. The Morgan fingerprint density at radius 2 is 1.80 bits per heavy atom. The van der Waals surface area contributed by atoms with Gasteiger partial charge in [0.15, 0.2) is 5.66 Å². The first-order valence-electron chi connectivity index (χ1n) is 12.2. The van der Waals surface area contributed by atoms with E-state index in [0.29, 0.717) is 19.4 Å². The normalized spacial score (nSPS) is 18.1. The Morgan fingerprint density at radius 3 is 2.43 bits per heavy atom. The number of pyridine rings is 1. The third-order valence-electron chi connectivity index (χ3n) is 6.06. The van der Waals surface area contributed by atoms with Gasteiger partial charge in [0.05, 0.1) is 29.5 Å². The number of hydrogen-bond acceptors (Lipinski definition) is 7. The molecule has 1 aromatic heterocycles. The van der Waals surface area contributed by atoms with Crippen LogP contribution >= 0.6 is 0 Å². The molecule has 9 heteroatoms.